The summed E-state index contributed by atoms with van der Waals surface area (Å²) in [7, 11) is 3.17. The first kappa shape index (κ1) is 26.2. The van der Waals surface area contributed by atoms with Gasteiger partial charge in [-0.25, -0.2) is 0 Å². The molecule has 0 radical (unpaired) electrons. The molecule has 0 unspecified atom stereocenters. The molecule has 0 atom stereocenters. The maximum absolute atomic E-state index is 13.5. The number of carbonyl (C=O) groups is 2. The minimum Gasteiger partial charge on any atom is -0.493 e. The van der Waals surface area contributed by atoms with Crippen molar-refractivity contribution in [1.82, 2.24) is 9.80 Å². The number of nitro benzene ring substituents is 1. The van der Waals surface area contributed by atoms with E-state index in [0.29, 0.717) is 36.6 Å². The predicted molar refractivity (Wildman–Crippen MR) is 140 cm³/mol. The molecule has 1 aliphatic rings. The van der Waals surface area contributed by atoms with Gasteiger partial charge in [-0.05, 0) is 60.5 Å². The van der Waals surface area contributed by atoms with E-state index in [1.807, 2.05) is 35.7 Å². The molecule has 0 spiro atoms. The molecule has 0 N–H and O–H groups in total. The highest BCUT2D eigenvalue weighted by Gasteiger charge is 2.35. The number of ether oxygens (including phenoxy) is 2. The van der Waals surface area contributed by atoms with Gasteiger partial charge in [-0.2, -0.15) is 0 Å². The fraction of sp³-hybridized carbons (Fsp3) is 0.333. The lowest BCUT2D eigenvalue weighted by molar-refractivity contribution is -0.384. The van der Waals surface area contributed by atoms with Crippen molar-refractivity contribution in [1.29, 1.82) is 0 Å². The molecule has 0 bridgehead atoms. The highest BCUT2D eigenvalue weighted by Crippen LogP contribution is 2.30. The van der Waals surface area contributed by atoms with Crippen molar-refractivity contribution in [3.63, 3.8) is 0 Å². The number of benzene rings is 2. The van der Waals surface area contributed by atoms with Gasteiger partial charge in [-0.3, -0.25) is 19.7 Å². The normalized spacial score (nSPS) is 12.6. The smallest absolute Gasteiger partial charge is 0.269 e. The average Bonchev–Trinajstić information content (AvgIpc) is 3.63. The van der Waals surface area contributed by atoms with Gasteiger partial charge in [0.2, 0.25) is 5.91 Å². The fourth-order valence-corrected chi connectivity index (χ4v) is 4.79. The number of nitrogens with zero attached hydrogens (tertiary/aromatic N) is 3. The van der Waals surface area contributed by atoms with Crippen LogP contribution >= 0.6 is 11.3 Å². The van der Waals surface area contributed by atoms with Crippen LogP contribution in [0.2, 0.25) is 0 Å². The first-order valence-electron chi connectivity index (χ1n) is 12.0. The second kappa shape index (κ2) is 11.9. The van der Waals surface area contributed by atoms with Crippen LogP contribution in [0.15, 0.2) is 60.0 Å². The van der Waals surface area contributed by atoms with Gasteiger partial charge in [-0.15, -0.1) is 11.3 Å². The molecule has 4 rings (SSSR count). The zero-order valence-corrected chi connectivity index (χ0v) is 21.6. The highest BCUT2D eigenvalue weighted by molar-refractivity contribution is 7.09. The second-order valence-electron chi connectivity index (χ2n) is 8.80. The molecule has 1 heterocycles. The fourth-order valence-electron chi connectivity index (χ4n) is 4.07. The Hall–Kier alpha value is -3.92. The molecule has 0 aliphatic heterocycles. The van der Waals surface area contributed by atoms with E-state index in [2.05, 4.69) is 0 Å². The maximum atomic E-state index is 13.5. The predicted octanol–water partition coefficient (Wildman–Crippen LogP) is 4.55. The van der Waals surface area contributed by atoms with Crippen LogP contribution in [0.25, 0.3) is 0 Å². The molecule has 2 amide bonds. The van der Waals surface area contributed by atoms with Crippen LogP contribution in [0, 0.1) is 10.1 Å². The summed E-state index contributed by atoms with van der Waals surface area (Å²) in [5, 5.41) is 12.9. The number of thiophene rings is 1. The number of hydrogen-bond acceptors (Lipinski definition) is 7. The lowest BCUT2D eigenvalue weighted by Gasteiger charge is -2.28. The van der Waals surface area contributed by atoms with E-state index in [4.69, 9.17) is 9.47 Å². The molecule has 9 nitrogen and oxygen atoms in total. The summed E-state index contributed by atoms with van der Waals surface area (Å²) in [6.07, 6.45) is 2.28. The van der Waals surface area contributed by atoms with Crippen molar-refractivity contribution in [3.8, 4) is 11.5 Å². The minimum atomic E-state index is -0.503. The number of methoxy groups -OCH3 is 2. The molecule has 1 aromatic heterocycles. The summed E-state index contributed by atoms with van der Waals surface area (Å²) >= 11 is 1.58. The third-order valence-electron chi connectivity index (χ3n) is 6.28. The van der Waals surface area contributed by atoms with Crippen LogP contribution in [0.3, 0.4) is 0 Å². The molecule has 194 valence electrons. The van der Waals surface area contributed by atoms with Gasteiger partial charge >= 0.3 is 0 Å². The molecule has 10 heteroatoms. The molecule has 2 aromatic carbocycles. The summed E-state index contributed by atoms with van der Waals surface area (Å²) in [4.78, 5) is 41.7. The minimum absolute atomic E-state index is 0.000999. The third kappa shape index (κ3) is 6.65. The Bertz CT molecular complexity index is 1240. The van der Waals surface area contributed by atoms with E-state index < -0.39 is 4.92 Å². The molecule has 1 saturated carbocycles. The van der Waals surface area contributed by atoms with E-state index in [0.717, 1.165) is 23.3 Å². The number of non-ortho nitro benzene ring substituents is 1. The topological polar surface area (TPSA) is 102 Å². The van der Waals surface area contributed by atoms with Gasteiger partial charge in [0, 0.05) is 35.2 Å². The van der Waals surface area contributed by atoms with E-state index in [-0.39, 0.29) is 30.1 Å². The first-order valence-corrected chi connectivity index (χ1v) is 12.8. The summed E-state index contributed by atoms with van der Waals surface area (Å²) in [6.45, 7) is 0.877. The molecular formula is C27H29N3O6S. The highest BCUT2D eigenvalue weighted by atomic mass is 32.1. The molecule has 3 aromatic rings. The van der Waals surface area contributed by atoms with Gasteiger partial charge in [0.15, 0.2) is 11.5 Å². The van der Waals surface area contributed by atoms with Gasteiger partial charge in [0.25, 0.3) is 11.6 Å². The number of amides is 2. The Morgan fingerprint density at radius 2 is 1.78 bits per heavy atom. The first-order chi connectivity index (χ1) is 17.9. The van der Waals surface area contributed by atoms with Crippen molar-refractivity contribution in [2.24, 2.45) is 0 Å². The third-order valence-corrected chi connectivity index (χ3v) is 7.14. The van der Waals surface area contributed by atoms with Crippen molar-refractivity contribution >= 4 is 28.8 Å². The monoisotopic (exact) mass is 523 g/mol. The summed E-state index contributed by atoms with van der Waals surface area (Å²) in [6, 6.07) is 15.2. The van der Waals surface area contributed by atoms with Gasteiger partial charge < -0.3 is 19.3 Å². The maximum Gasteiger partial charge on any atom is 0.269 e. The van der Waals surface area contributed by atoms with Crippen LogP contribution in [0.4, 0.5) is 5.69 Å². The Balaban J connectivity index is 1.49. The van der Waals surface area contributed by atoms with Gasteiger partial charge in [-0.1, -0.05) is 12.1 Å². The lowest BCUT2D eigenvalue weighted by atomic mass is 10.1. The zero-order chi connectivity index (χ0) is 26.4. The standard InChI is InChI=1S/C27H29N3O6S/c1-35-24-12-5-19(16-25(24)36-2)13-14-28(17-23-4-3-15-37-23)26(31)18-29(21-10-11-21)27(32)20-6-8-22(9-7-20)30(33)34/h3-9,12,15-16,21H,10-11,13-14,17-18H2,1-2H3. The van der Waals surface area contributed by atoms with Crippen molar-refractivity contribution in [2.75, 3.05) is 27.3 Å². The molecular weight excluding hydrogens is 494 g/mol. The van der Waals surface area contributed by atoms with Gasteiger partial charge in [0.1, 0.15) is 6.54 Å². The van der Waals surface area contributed by atoms with E-state index >= 15 is 0 Å². The quantitative estimate of drug-likeness (QED) is 0.255. The summed E-state index contributed by atoms with van der Waals surface area (Å²) < 4.78 is 10.7. The van der Waals surface area contributed by atoms with Crippen molar-refractivity contribution < 1.29 is 24.0 Å². The Kier molecular flexibility index (Phi) is 8.39. The van der Waals surface area contributed by atoms with Crippen LogP contribution in [0.1, 0.15) is 33.6 Å². The molecule has 1 aliphatic carbocycles. The summed E-state index contributed by atoms with van der Waals surface area (Å²) in [5.74, 6) is 0.838. The lowest BCUT2D eigenvalue weighted by Crippen LogP contribution is -2.44. The van der Waals surface area contributed by atoms with Crippen LogP contribution in [0.5, 0.6) is 11.5 Å². The summed E-state index contributed by atoms with van der Waals surface area (Å²) in [5.41, 5.74) is 1.26. The number of hydrogen-bond donors (Lipinski definition) is 0. The van der Waals surface area contributed by atoms with E-state index in [1.165, 1.54) is 24.3 Å². The molecule has 37 heavy (non-hydrogen) atoms. The molecule has 0 saturated heterocycles. The Morgan fingerprint density at radius 3 is 2.38 bits per heavy atom. The number of nitro groups is 1. The van der Waals surface area contributed by atoms with Crippen molar-refractivity contribution in [2.45, 2.75) is 31.8 Å². The van der Waals surface area contributed by atoms with Crippen LogP contribution < -0.4 is 9.47 Å². The Labute approximate surface area is 219 Å². The largest absolute Gasteiger partial charge is 0.493 e. The van der Waals surface area contributed by atoms with Crippen LogP contribution in [-0.4, -0.2) is 59.9 Å². The Morgan fingerprint density at radius 1 is 1.05 bits per heavy atom. The average molecular weight is 524 g/mol. The number of carbonyl (C=O) groups excluding carboxylic acids is 2. The van der Waals surface area contributed by atoms with Crippen LogP contribution in [-0.2, 0) is 17.8 Å². The van der Waals surface area contributed by atoms with E-state index in [1.54, 1.807) is 35.4 Å². The van der Waals surface area contributed by atoms with Gasteiger partial charge in [0.05, 0.1) is 25.7 Å². The second-order valence-corrected chi connectivity index (χ2v) is 9.83. The zero-order valence-electron chi connectivity index (χ0n) is 20.8. The van der Waals surface area contributed by atoms with E-state index in [9.17, 15) is 19.7 Å². The molecule has 1 fully saturated rings. The number of rotatable bonds is 12. The SMILES string of the molecule is COc1ccc(CCN(Cc2cccs2)C(=O)CN(C(=O)c2ccc([N+](=O)[O-])cc2)C2CC2)cc1OC. The van der Waals surface area contributed by atoms with Crippen molar-refractivity contribution in [3.05, 3.63) is 86.1 Å².